The van der Waals surface area contributed by atoms with Gasteiger partial charge in [-0.1, -0.05) is 42.8 Å². The summed E-state index contributed by atoms with van der Waals surface area (Å²) in [6, 6.07) is 13.2. The van der Waals surface area contributed by atoms with E-state index in [2.05, 4.69) is 5.32 Å². The number of hydrogen-bond donors (Lipinski definition) is 1. The smallest absolute Gasteiger partial charge is 0.261 e. The molecule has 7 heteroatoms. The van der Waals surface area contributed by atoms with Crippen molar-refractivity contribution in [1.29, 1.82) is 0 Å². The average Bonchev–Trinajstić information content (AvgIpc) is 2.60. The second-order valence-electron chi connectivity index (χ2n) is 6.02. The molecule has 0 unspecified atom stereocenters. The van der Waals surface area contributed by atoms with Crippen LogP contribution in [-0.2, 0) is 14.6 Å². The first-order chi connectivity index (χ1) is 12.2. The summed E-state index contributed by atoms with van der Waals surface area (Å²) in [5.41, 5.74) is 0.804. The minimum absolute atomic E-state index is 0.244. The maximum absolute atomic E-state index is 12.5. The fourth-order valence-corrected chi connectivity index (χ4v) is 3.22. The highest BCUT2D eigenvalue weighted by atomic mass is 35.5. The minimum Gasteiger partial charge on any atom is -0.479 e. The monoisotopic (exact) mass is 395 g/mol. The normalized spacial score (nSPS) is 13.7. The lowest BCUT2D eigenvalue weighted by atomic mass is 10.1. The van der Waals surface area contributed by atoms with Gasteiger partial charge < -0.3 is 10.1 Å². The van der Waals surface area contributed by atoms with Crippen molar-refractivity contribution in [1.82, 2.24) is 5.32 Å². The first-order valence-corrected chi connectivity index (χ1v) is 10.5. The Morgan fingerprint density at radius 1 is 1.15 bits per heavy atom. The molecule has 0 aliphatic rings. The van der Waals surface area contributed by atoms with Crippen molar-refractivity contribution in [3.63, 3.8) is 0 Å². The number of nitrogens with one attached hydrogen (secondary N) is 1. The van der Waals surface area contributed by atoms with Crippen LogP contribution in [0.2, 0.25) is 5.02 Å². The number of halogens is 1. The largest absolute Gasteiger partial charge is 0.479 e. The summed E-state index contributed by atoms with van der Waals surface area (Å²) in [7, 11) is -3.24. The SMILES string of the molecule is CC[C@H](Oc1ccccc1Cl)C(=O)N[C@H](C)c1ccc(S(C)(=O)=O)cc1. The van der Waals surface area contributed by atoms with Gasteiger partial charge in [-0.15, -0.1) is 0 Å². The topological polar surface area (TPSA) is 72.5 Å². The molecule has 2 atom stereocenters. The lowest BCUT2D eigenvalue weighted by Crippen LogP contribution is -2.39. The van der Waals surface area contributed by atoms with E-state index in [1.54, 1.807) is 36.4 Å². The second kappa shape index (κ2) is 8.56. The van der Waals surface area contributed by atoms with Crippen LogP contribution in [0.3, 0.4) is 0 Å². The molecule has 1 N–H and O–H groups in total. The molecule has 0 bridgehead atoms. The molecule has 0 heterocycles. The van der Waals surface area contributed by atoms with Crippen molar-refractivity contribution in [3.8, 4) is 5.75 Å². The van der Waals surface area contributed by atoms with Gasteiger partial charge in [0.05, 0.1) is 16.0 Å². The lowest BCUT2D eigenvalue weighted by Gasteiger charge is -2.21. The predicted octanol–water partition coefficient (Wildman–Crippen LogP) is 3.78. The molecule has 2 aromatic rings. The van der Waals surface area contributed by atoms with E-state index >= 15 is 0 Å². The number of hydrogen-bond acceptors (Lipinski definition) is 4. The molecule has 0 fully saturated rings. The molecular formula is C19H22ClNO4S. The summed E-state index contributed by atoms with van der Waals surface area (Å²) in [5.74, 6) is 0.202. The zero-order valence-electron chi connectivity index (χ0n) is 14.9. The number of rotatable bonds is 7. The Bertz CT molecular complexity index is 865. The number of carbonyl (C=O) groups excluding carboxylic acids is 1. The highest BCUT2D eigenvalue weighted by Crippen LogP contribution is 2.25. The van der Waals surface area contributed by atoms with E-state index in [0.717, 1.165) is 11.8 Å². The van der Waals surface area contributed by atoms with Gasteiger partial charge in [0.2, 0.25) is 0 Å². The molecule has 0 aromatic heterocycles. The van der Waals surface area contributed by atoms with Crippen molar-refractivity contribution in [2.75, 3.05) is 6.26 Å². The quantitative estimate of drug-likeness (QED) is 0.774. The molecule has 0 spiro atoms. The van der Waals surface area contributed by atoms with E-state index in [4.69, 9.17) is 16.3 Å². The third kappa shape index (κ3) is 5.22. The van der Waals surface area contributed by atoms with Gasteiger partial charge in [-0.3, -0.25) is 4.79 Å². The first-order valence-electron chi connectivity index (χ1n) is 8.24. The van der Waals surface area contributed by atoms with Gasteiger partial charge in [-0.2, -0.15) is 0 Å². The highest BCUT2D eigenvalue weighted by molar-refractivity contribution is 7.90. The maximum atomic E-state index is 12.5. The Morgan fingerprint density at radius 3 is 2.31 bits per heavy atom. The molecule has 5 nitrogen and oxygen atoms in total. The molecule has 0 saturated carbocycles. The van der Waals surface area contributed by atoms with E-state index in [9.17, 15) is 13.2 Å². The predicted molar refractivity (Wildman–Crippen MR) is 102 cm³/mol. The standard InChI is InChI=1S/C19H22ClNO4S/c1-4-17(25-18-8-6-5-7-16(18)20)19(22)21-13(2)14-9-11-15(12-10-14)26(3,23)24/h5-13,17H,4H2,1-3H3,(H,21,22)/t13-,17+/m1/s1. The summed E-state index contributed by atoms with van der Waals surface area (Å²) in [6.45, 7) is 3.68. The molecule has 26 heavy (non-hydrogen) atoms. The second-order valence-corrected chi connectivity index (χ2v) is 8.44. The Balaban J connectivity index is 2.06. The van der Waals surface area contributed by atoms with Gasteiger partial charge in [0.1, 0.15) is 5.75 Å². The number of carbonyl (C=O) groups is 1. The van der Waals surface area contributed by atoms with Crippen molar-refractivity contribution < 1.29 is 17.9 Å². The van der Waals surface area contributed by atoms with E-state index < -0.39 is 15.9 Å². The number of sulfone groups is 1. The van der Waals surface area contributed by atoms with E-state index in [1.807, 2.05) is 13.8 Å². The highest BCUT2D eigenvalue weighted by Gasteiger charge is 2.21. The Labute approximate surface area is 159 Å². The number of amides is 1. The Kier molecular flexibility index (Phi) is 6.67. The van der Waals surface area contributed by atoms with Gasteiger partial charge >= 0.3 is 0 Å². The third-order valence-electron chi connectivity index (χ3n) is 3.94. The molecule has 2 rings (SSSR count). The van der Waals surface area contributed by atoms with E-state index in [0.29, 0.717) is 17.2 Å². The maximum Gasteiger partial charge on any atom is 0.261 e. The molecule has 2 aromatic carbocycles. The first kappa shape index (κ1) is 20.3. The summed E-state index contributed by atoms with van der Waals surface area (Å²) in [6.07, 6.45) is 0.967. The Morgan fingerprint density at radius 2 is 1.77 bits per heavy atom. The number of benzene rings is 2. The van der Waals surface area contributed by atoms with Gasteiger partial charge in [0, 0.05) is 6.26 Å². The van der Waals surface area contributed by atoms with Crippen molar-refractivity contribution in [2.24, 2.45) is 0 Å². The van der Waals surface area contributed by atoms with Crippen LogP contribution < -0.4 is 10.1 Å². The number of para-hydroxylation sites is 1. The van der Waals surface area contributed by atoms with Crippen LogP contribution in [0.1, 0.15) is 31.9 Å². The zero-order chi connectivity index (χ0) is 19.3. The molecule has 0 aliphatic heterocycles. The van der Waals surface area contributed by atoms with Gasteiger partial charge in [0.15, 0.2) is 15.9 Å². The van der Waals surface area contributed by atoms with Crippen LogP contribution in [-0.4, -0.2) is 26.7 Å². The van der Waals surface area contributed by atoms with Gasteiger partial charge in [-0.25, -0.2) is 8.42 Å². The summed E-state index contributed by atoms with van der Waals surface area (Å²) >= 11 is 6.08. The van der Waals surface area contributed by atoms with Crippen LogP contribution >= 0.6 is 11.6 Å². The summed E-state index contributed by atoms with van der Waals surface area (Å²) in [4.78, 5) is 12.8. The molecular weight excluding hydrogens is 374 g/mol. The summed E-state index contributed by atoms with van der Waals surface area (Å²) in [5, 5.41) is 3.34. The Hall–Kier alpha value is -2.05. The molecule has 0 radical (unpaired) electrons. The van der Waals surface area contributed by atoms with Crippen LogP contribution in [0.15, 0.2) is 53.4 Å². The van der Waals surface area contributed by atoms with Crippen molar-refractivity contribution in [2.45, 2.75) is 37.3 Å². The average molecular weight is 396 g/mol. The van der Waals surface area contributed by atoms with Crippen molar-refractivity contribution >= 4 is 27.3 Å². The van der Waals surface area contributed by atoms with E-state index in [-0.39, 0.29) is 16.8 Å². The van der Waals surface area contributed by atoms with Gasteiger partial charge in [0.25, 0.3) is 5.91 Å². The van der Waals surface area contributed by atoms with Crippen molar-refractivity contribution in [3.05, 3.63) is 59.1 Å². The third-order valence-corrected chi connectivity index (χ3v) is 5.38. The molecule has 1 amide bonds. The fourth-order valence-electron chi connectivity index (χ4n) is 2.41. The lowest BCUT2D eigenvalue weighted by molar-refractivity contribution is -0.128. The van der Waals surface area contributed by atoms with Crippen LogP contribution in [0.25, 0.3) is 0 Å². The van der Waals surface area contributed by atoms with Crippen LogP contribution in [0.5, 0.6) is 5.75 Å². The van der Waals surface area contributed by atoms with Gasteiger partial charge in [-0.05, 0) is 43.2 Å². The zero-order valence-corrected chi connectivity index (χ0v) is 16.5. The molecule has 0 saturated heterocycles. The fraction of sp³-hybridized carbons (Fsp3) is 0.316. The number of ether oxygens (including phenoxy) is 1. The van der Waals surface area contributed by atoms with Crippen LogP contribution in [0, 0.1) is 0 Å². The molecule has 0 aliphatic carbocycles. The molecule has 140 valence electrons. The minimum atomic E-state index is -3.24. The summed E-state index contributed by atoms with van der Waals surface area (Å²) < 4.78 is 28.8. The van der Waals surface area contributed by atoms with E-state index in [1.165, 1.54) is 12.1 Å². The van der Waals surface area contributed by atoms with Crippen LogP contribution in [0.4, 0.5) is 0 Å².